The number of hydrogen-bond acceptors (Lipinski definition) is 8. The Morgan fingerprint density at radius 1 is 1.00 bits per heavy atom. The Balaban J connectivity index is 2.31. The Morgan fingerprint density at radius 2 is 1.70 bits per heavy atom. The highest BCUT2D eigenvalue weighted by Gasteiger charge is 2.31. The monoisotopic (exact) mass is 414 g/mol. The zero-order valence-electron chi connectivity index (χ0n) is 17.1. The first-order chi connectivity index (χ1) is 14.5. The molecule has 158 valence electrons. The number of fused-ring (bicyclic) bond motifs is 1. The molecule has 0 saturated carbocycles. The summed E-state index contributed by atoms with van der Waals surface area (Å²) in [6.07, 6.45) is -0.211. The number of methoxy groups -OCH3 is 4. The quantitative estimate of drug-likeness (QED) is 0.588. The maximum Gasteiger partial charge on any atom is 0.306 e. The lowest BCUT2D eigenvalue weighted by Gasteiger charge is -2.22. The molecule has 1 N–H and O–H groups in total. The van der Waals surface area contributed by atoms with Gasteiger partial charge in [0.15, 0.2) is 17.3 Å². The minimum atomic E-state index is -0.885. The van der Waals surface area contributed by atoms with Crippen LogP contribution in [0.25, 0.3) is 11.0 Å². The number of para-hydroxylation sites is 1. The van der Waals surface area contributed by atoms with Gasteiger partial charge in [-0.15, -0.1) is 0 Å². The molecule has 2 aromatic carbocycles. The van der Waals surface area contributed by atoms with Crippen LogP contribution in [0.2, 0.25) is 0 Å². The van der Waals surface area contributed by atoms with Crippen molar-refractivity contribution in [1.29, 1.82) is 0 Å². The van der Waals surface area contributed by atoms with E-state index >= 15 is 0 Å². The van der Waals surface area contributed by atoms with Crippen LogP contribution in [0.1, 0.15) is 23.7 Å². The van der Waals surface area contributed by atoms with Crippen molar-refractivity contribution in [3.63, 3.8) is 0 Å². The van der Waals surface area contributed by atoms with E-state index in [1.54, 1.807) is 36.4 Å². The fraction of sp³-hybridized carbons (Fsp3) is 0.273. The van der Waals surface area contributed by atoms with Gasteiger partial charge in [0.2, 0.25) is 16.9 Å². The van der Waals surface area contributed by atoms with E-state index in [-0.39, 0.29) is 28.9 Å². The Kier molecular flexibility index (Phi) is 6.15. The van der Waals surface area contributed by atoms with Crippen LogP contribution in [-0.4, -0.2) is 39.5 Å². The van der Waals surface area contributed by atoms with E-state index in [4.69, 9.17) is 23.4 Å². The van der Waals surface area contributed by atoms with Gasteiger partial charge in [0.1, 0.15) is 5.58 Å². The first-order valence-corrected chi connectivity index (χ1v) is 9.07. The number of benzene rings is 2. The van der Waals surface area contributed by atoms with E-state index < -0.39 is 23.1 Å². The summed E-state index contributed by atoms with van der Waals surface area (Å²) in [5.74, 6) is -1.11. The van der Waals surface area contributed by atoms with Crippen LogP contribution < -0.4 is 19.6 Å². The molecule has 0 saturated heterocycles. The fourth-order valence-electron chi connectivity index (χ4n) is 3.38. The Bertz CT molecular complexity index is 1130. The molecule has 30 heavy (non-hydrogen) atoms. The standard InChI is InChI=1S/C22H22O8/c1-26-16-10-9-12(21(28-3)22(16)29-4)14(11-17(23)27-2)20-19(25)18(24)13-7-5-6-8-15(13)30-20/h5-10,14,25H,11H2,1-4H3/t14-/m0/s1. The number of esters is 1. The van der Waals surface area contributed by atoms with Gasteiger partial charge in [-0.2, -0.15) is 0 Å². The molecule has 3 aromatic rings. The van der Waals surface area contributed by atoms with Crippen LogP contribution in [0.5, 0.6) is 23.0 Å². The van der Waals surface area contributed by atoms with Gasteiger partial charge in [-0.1, -0.05) is 18.2 Å². The van der Waals surface area contributed by atoms with Gasteiger partial charge >= 0.3 is 5.97 Å². The summed E-state index contributed by atoms with van der Waals surface area (Å²) in [5.41, 5.74) is 0.139. The van der Waals surface area contributed by atoms with E-state index in [1.165, 1.54) is 28.4 Å². The summed E-state index contributed by atoms with van der Waals surface area (Å²) >= 11 is 0. The number of rotatable bonds is 7. The molecule has 0 aliphatic heterocycles. The van der Waals surface area contributed by atoms with Gasteiger partial charge in [0.25, 0.3) is 0 Å². The molecule has 0 aliphatic rings. The van der Waals surface area contributed by atoms with Crippen molar-refractivity contribution in [3.8, 4) is 23.0 Å². The number of aromatic hydroxyl groups is 1. The second-order valence-electron chi connectivity index (χ2n) is 6.40. The van der Waals surface area contributed by atoms with Crippen LogP contribution in [0, 0.1) is 0 Å². The van der Waals surface area contributed by atoms with Crippen molar-refractivity contribution in [2.75, 3.05) is 28.4 Å². The molecule has 0 unspecified atom stereocenters. The molecule has 8 heteroatoms. The topological polar surface area (TPSA) is 104 Å². The number of ether oxygens (including phenoxy) is 4. The Hall–Kier alpha value is -3.68. The molecular weight excluding hydrogens is 392 g/mol. The molecular formula is C22H22O8. The first-order valence-electron chi connectivity index (χ1n) is 9.07. The average Bonchev–Trinajstić information content (AvgIpc) is 2.78. The van der Waals surface area contributed by atoms with Gasteiger partial charge in [-0.25, -0.2) is 0 Å². The molecule has 0 radical (unpaired) electrons. The van der Waals surface area contributed by atoms with Crippen LogP contribution in [0.15, 0.2) is 45.6 Å². The molecule has 0 bridgehead atoms. The van der Waals surface area contributed by atoms with Gasteiger partial charge in [0.05, 0.1) is 46.2 Å². The van der Waals surface area contributed by atoms with E-state index in [2.05, 4.69) is 0 Å². The molecule has 0 aliphatic carbocycles. The third-order valence-electron chi connectivity index (χ3n) is 4.83. The number of carbonyl (C=O) groups excluding carboxylic acids is 1. The SMILES string of the molecule is COC(=O)C[C@@H](c1ccc(OC)c(OC)c1OC)c1oc2ccccc2c(=O)c1O. The van der Waals surface area contributed by atoms with E-state index in [1.807, 2.05) is 0 Å². The largest absolute Gasteiger partial charge is 0.502 e. The predicted molar refractivity (Wildman–Crippen MR) is 109 cm³/mol. The molecule has 8 nitrogen and oxygen atoms in total. The second-order valence-corrected chi connectivity index (χ2v) is 6.40. The van der Waals surface area contributed by atoms with Crippen LogP contribution in [0.4, 0.5) is 0 Å². The van der Waals surface area contributed by atoms with Crippen molar-refractivity contribution < 1.29 is 33.3 Å². The van der Waals surface area contributed by atoms with Crippen molar-refractivity contribution >= 4 is 16.9 Å². The third-order valence-corrected chi connectivity index (χ3v) is 4.83. The zero-order valence-corrected chi connectivity index (χ0v) is 17.1. The van der Waals surface area contributed by atoms with Crippen molar-refractivity contribution in [3.05, 3.63) is 57.9 Å². The number of carbonyl (C=O) groups is 1. The number of hydrogen-bond donors (Lipinski definition) is 1. The summed E-state index contributed by atoms with van der Waals surface area (Å²) in [6.45, 7) is 0. The molecule has 0 fully saturated rings. The highest BCUT2D eigenvalue weighted by atomic mass is 16.5. The second kappa shape index (κ2) is 8.77. The fourth-order valence-corrected chi connectivity index (χ4v) is 3.38. The molecule has 0 amide bonds. The minimum Gasteiger partial charge on any atom is -0.502 e. The Morgan fingerprint density at radius 3 is 2.33 bits per heavy atom. The predicted octanol–water partition coefficient (Wildman–Crippen LogP) is 3.22. The molecule has 1 atom stereocenters. The maximum atomic E-state index is 12.7. The van der Waals surface area contributed by atoms with Crippen LogP contribution in [0.3, 0.4) is 0 Å². The van der Waals surface area contributed by atoms with E-state index in [0.29, 0.717) is 17.1 Å². The van der Waals surface area contributed by atoms with Gasteiger partial charge in [0, 0.05) is 5.56 Å². The minimum absolute atomic E-state index is 0.0744. The summed E-state index contributed by atoms with van der Waals surface area (Å²) < 4.78 is 26.9. The third kappa shape index (κ3) is 3.63. The summed E-state index contributed by atoms with van der Waals surface area (Å²) in [5, 5.41) is 10.9. The van der Waals surface area contributed by atoms with Gasteiger partial charge < -0.3 is 28.5 Å². The highest BCUT2D eigenvalue weighted by Crippen LogP contribution is 2.46. The van der Waals surface area contributed by atoms with E-state index in [9.17, 15) is 14.7 Å². The van der Waals surface area contributed by atoms with Gasteiger partial charge in [-0.05, 0) is 18.2 Å². The lowest BCUT2D eigenvalue weighted by molar-refractivity contribution is -0.140. The van der Waals surface area contributed by atoms with Crippen molar-refractivity contribution in [2.45, 2.75) is 12.3 Å². The van der Waals surface area contributed by atoms with Crippen LogP contribution in [-0.2, 0) is 9.53 Å². The lowest BCUT2D eigenvalue weighted by atomic mass is 9.90. The van der Waals surface area contributed by atoms with Crippen molar-refractivity contribution in [2.24, 2.45) is 0 Å². The zero-order chi connectivity index (χ0) is 21.8. The molecule has 0 spiro atoms. The van der Waals surface area contributed by atoms with Gasteiger partial charge in [-0.3, -0.25) is 9.59 Å². The molecule has 3 rings (SSSR count). The van der Waals surface area contributed by atoms with E-state index in [0.717, 1.165) is 0 Å². The van der Waals surface area contributed by atoms with Crippen LogP contribution >= 0.6 is 0 Å². The smallest absolute Gasteiger partial charge is 0.306 e. The van der Waals surface area contributed by atoms with Crippen molar-refractivity contribution in [1.82, 2.24) is 0 Å². The highest BCUT2D eigenvalue weighted by molar-refractivity contribution is 5.79. The molecule has 1 heterocycles. The lowest BCUT2D eigenvalue weighted by Crippen LogP contribution is -2.15. The normalized spacial score (nSPS) is 11.7. The summed E-state index contributed by atoms with van der Waals surface area (Å²) in [4.78, 5) is 24.9. The molecule has 1 aromatic heterocycles. The first kappa shape index (κ1) is 21.0. The maximum absolute atomic E-state index is 12.7. The summed E-state index contributed by atoms with van der Waals surface area (Å²) in [6, 6.07) is 9.83. The summed E-state index contributed by atoms with van der Waals surface area (Å²) in [7, 11) is 5.62. The Labute approximate surface area is 172 Å². The average molecular weight is 414 g/mol.